The molecule has 0 aliphatic rings. The molecule has 2 atom stereocenters. The Bertz CT molecular complexity index is 1030. The van der Waals surface area contributed by atoms with Crippen molar-refractivity contribution in [2.24, 2.45) is 0 Å². The molecule has 0 aliphatic carbocycles. The standard InChI is InChI=1S/C27H29ClN2O3/c1-20(21-11-4-2-5-12-21)33-18-10-17-29-26(31)19-25(22-13-6-3-7-14-22)30-27(32)23-15-8-9-16-24(23)28/h2-9,11-16,20,25H,10,17-19H2,1H3,(H,29,31)(H,30,32). The number of nitrogens with one attached hydrogen (secondary N) is 2. The Morgan fingerprint density at radius 3 is 2.15 bits per heavy atom. The van der Waals surface area contributed by atoms with E-state index < -0.39 is 6.04 Å². The first kappa shape index (κ1) is 24.5. The lowest BCUT2D eigenvalue weighted by Crippen LogP contribution is -2.34. The highest BCUT2D eigenvalue weighted by Gasteiger charge is 2.20. The van der Waals surface area contributed by atoms with E-state index in [1.807, 2.05) is 67.6 Å². The number of carbonyl (C=O) groups excluding carboxylic acids is 2. The highest BCUT2D eigenvalue weighted by molar-refractivity contribution is 6.33. The van der Waals surface area contributed by atoms with Gasteiger partial charge in [0.05, 0.1) is 29.2 Å². The molecule has 2 unspecified atom stereocenters. The quantitative estimate of drug-likeness (QED) is 0.369. The predicted octanol–water partition coefficient (Wildman–Crippen LogP) is 5.49. The summed E-state index contributed by atoms with van der Waals surface area (Å²) in [5.41, 5.74) is 2.36. The second-order valence-corrected chi connectivity index (χ2v) is 8.16. The van der Waals surface area contributed by atoms with Gasteiger partial charge in [-0.2, -0.15) is 0 Å². The monoisotopic (exact) mass is 464 g/mol. The van der Waals surface area contributed by atoms with Gasteiger partial charge < -0.3 is 15.4 Å². The van der Waals surface area contributed by atoms with Crippen molar-refractivity contribution in [2.45, 2.75) is 31.9 Å². The van der Waals surface area contributed by atoms with Gasteiger partial charge in [0.15, 0.2) is 0 Å². The molecule has 2 amide bonds. The van der Waals surface area contributed by atoms with Gasteiger partial charge in [0.25, 0.3) is 5.91 Å². The molecule has 5 nitrogen and oxygen atoms in total. The zero-order valence-corrected chi connectivity index (χ0v) is 19.4. The molecule has 0 fully saturated rings. The van der Waals surface area contributed by atoms with E-state index in [1.165, 1.54) is 0 Å². The predicted molar refractivity (Wildman–Crippen MR) is 131 cm³/mol. The van der Waals surface area contributed by atoms with Crippen LogP contribution in [0.5, 0.6) is 0 Å². The van der Waals surface area contributed by atoms with E-state index in [9.17, 15) is 9.59 Å². The van der Waals surface area contributed by atoms with Crippen LogP contribution in [0, 0.1) is 0 Å². The van der Waals surface area contributed by atoms with Gasteiger partial charge in [-0.15, -0.1) is 0 Å². The van der Waals surface area contributed by atoms with Crippen molar-refractivity contribution < 1.29 is 14.3 Å². The number of amides is 2. The number of carbonyl (C=O) groups is 2. The number of rotatable bonds is 11. The Balaban J connectivity index is 1.49. The van der Waals surface area contributed by atoms with Crippen molar-refractivity contribution >= 4 is 23.4 Å². The molecule has 3 aromatic rings. The maximum Gasteiger partial charge on any atom is 0.253 e. The molecule has 0 spiro atoms. The summed E-state index contributed by atoms with van der Waals surface area (Å²) in [7, 11) is 0. The number of hydrogen-bond donors (Lipinski definition) is 2. The summed E-state index contributed by atoms with van der Waals surface area (Å²) in [5.74, 6) is -0.454. The minimum absolute atomic E-state index is 0.00406. The lowest BCUT2D eigenvalue weighted by molar-refractivity contribution is -0.121. The van der Waals surface area contributed by atoms with Crippen LogP contribution in [0.4, 0.5) is 0 Å². The Kier molecular flexibility index (Phi) is 9.48. The van der Waals surface area contributed by atoms with Crippen LogP contribution in [0.25, 0.3) is 0 Å². The number of benzene rings is 3. The first-order valence-electron chi connectivity index (χ1n) is 11.1. The van der Waals surface area contributed by atoms with Crippen LogP contribution in [-0.4, -0.2) is 25.0 Å². The molecule has 3 rings (SSSR count). The maximum atomic E-state index is 12.8. The average Bonchev–Trinajstić information content (AvgIpc) is 2.84. The van der Waals surface area contributed by atoms with Crippen LogP contribution in [0.15, 0.2) is 84.9 Å². The van der Waals surface area contributed by atoms with Gasteiger partial charge in [0.1, 0.15) is 0 Å². The normalized spacial score (nSPS) is 12.5. The minimum atomic E-state index is -0.468. The second-order valence-electron chi connectivity index (χ2n) is 7.75. The molecule has 172 valence electrons. The Hall–Kier alpha value is -3.15. The topological polar surface area (TPSA) is 67.4 Å². The van der Waals surface area contributed by atoms with Crippen LogP contribution < -0.4 is 10.6 Å². The number of hydrogen-bond acceptors (Lipinski definition) is 3. The summed E-state index contributed by atoms with van der Waals surface area (Å²) in [6, 6.07) is 25.9. The third-order valence-corrected chi connectivity index (χ3v) is 5.62. The van der Waals surface area contributed by atoms with E-state index in [0.29, 0.717) is 30.2 Å². The summed E-state index contributed by atoms with van der Waals surface area (Å²) in [4.78, 5) is 25.4. The van der Waals surface area contributed by atoms with Gasteiger partial charge in [-0.1, -0.05) is 84.4 Å². The molecule has 33 heavy (non-hydrogen) atoms. The van der Waals surface area contributed by atoms with Crippen molar-refractivity contribution in [3.63, 3.8) is 0 Å². The first-order chi connectivity index (χ1) is 16.0. The highest BCUT2D eigenvalue weighted by atomic mass is 35.5. The van der Waals surface area contributed by atoms with Gasteiger partial charge in [0.2, 0.25) is 5.91 Å². The highest BCUT2D eigenvalue weighted by Crippen LogP contribution is 2.20. The van der Waals surface area contributed by atoms with Gasteiger partial charge in [0, 0.05) is 13.2 Å². The van der Waals surface area contributed by atoms with E-state index >= 15 is 0 Å². The van der Waals surface area contributed by atoms with Crippen LogP contribution in [0.1, 0.15) is 53.4 Å². The Morgan fingerprint density at radius 2 is 1.48 bits per heavy atom. The first-order valence-corrected chi connectivity index (χ1v) is 11.5. The second kappa shape index (κ2) is 12.8. The molecule has 3 aromatic carbocycles. The fourth-order valence-corrected chi connectivity index (χ4v) is 3.68. The van der Waals surface area contributed by atoms with Crippen molar-refractivity contribution in [1.29, 1.82) is 0 Å². The summed E-state index contributed by atoms with van der Waals surface area (Å²) in [6.45, 7) is 3.06. The zero-order chi connectivity index (χ0) is 23.5. The molecule has 0 aromatic heterocycles. The summed E-state index contributed by atoms with van der Waals surface area (Å²) in [6.07, 6.45) is 0.830. The van der Waals surface area contributed by atoms with E-state index in [1.54, 1.807) is 24.3 Å². The Labute approximate surface area is 200 Å². The largest absolute Gasteiger partial charge is 0.374 e. The van der Waals surface area contributed by atoms with E-state index in [4.69, 9.17) is 16.3 Å². The van der Waals surface area contributed by atoms with Crippen molar-refractivity contribution in [3.05, 3.63) is 107 Å². The van der Waals surface area contributed by atoms with Crippen LogP contribution in [-0.2, 0) is 9.53 Å². The molecule has 0 saturated heterocycles. The summed E-state index contributed by atoms with van der Waals surface area (Å²) < 4.78 is 5.85. The van der Waals surface area contributed by atoms with E-state index in [2.05, 4.69) is 10.6 Å². The maximum absolute atomic E-state index is 12.8. The summed E-state index contributed by atoms with van der Waals surface area (Å²) >= 11 is 6.16. The van der Waals surface area contributed by atoms with Gasteiger partial charge in [-0.3, -0.25) is 9.59 Å². The number of halogens is 1. The molecule has 0 saturated carbocycles. The third-order valence-electron chi connectivity index (χ3n) is 5.30. The van der Waals surface area contributed by atoms with Gasteiger partial charge in [-0.05, 0) is 36.6 Å². The van der Waals surface area contributed by atoms with Gasteiger partial charge in [-0.25, -0.2) is 0 Å². The Morgan fingerprint density at radius 1 is 0.879 bits per heavy atom. The van der Waals surface area contributed by atoms with E-state index in [0.717, 1.165) is 11.1 Å². The van der Waals surface area contributed by atoms with E-state index in [-0.39, 0.29) is 24.3 Å². The molecule has 2 N–H and O–H groups in total. The molecule has 6 heteroatoms. The lowest BCUT2D eigenvalue weighted by Gasteiger charge is -2.19. The third kappa shape index (κ3) is 7.74. The molecule has 0 bridgehead atoms. The molecular weight excluding hydrogens is 436 g/mol. The SMILES string of the molecule is CC(OCCCNC(=O)CC(NC(=O)c1ccccc1Cl)c1ccccc1)c1ccccc1. The average molecular weight is 465 g/mol. The lowest BCUT2D eigenvalue weighted by atomic mass is 10.0. The number of ether oxygens (including phenoxy) is 1. The van der Waals surface area contributed by atoms with Gasteiger partial charge >= 0.3 is 0 Å². The van der Waals surface area contributed by atoms with Crippen molar-refractivity contribution in [3.8, 4) is 0 Å². The zero-order valence-electron chi connectivity index (χ0n) is 18.7. The molecule has 0 radical (unpaired) electrons. The summed E-state index contributed by atoms with van der Waals surface area (Å²) in [5, 5.41) is 6.24. The fourth-order valence-electron chi connectivity index (χ4n) is 3.46. The van der Waals surface area contributed by atoms with Crippen molar-refractivity contribution in [1.82, 2.24) is 10.6 Å². The smallest absolute Gasteiger partial charge is 0.253 e. The van der Waals surface area contributed by atoms with Crippen LogP contribution in [0.2, 0.25) is 5.02 Å². The fraction of sp³-hybridized carbons (Fsp3) is 0.259. The molecule has 0 heterocycles. The molecule has 0 aliphatic heterocycles. The minimum Gasteiger partial charge on any atom is -0.374 e. The molecular formula is C27H29ClN2O3. The van der Waals surface area contributed by atoms with Crippen molar-refractivity contribution in [2.75, 3.05) is 13.2 Å². The van der Waals surface area contributed by atoms with Crippen LogP contribution >= 0.6 is 11.6 Å². The van der Waals surface area contributed by atoms with Crippen LogP contribution in [0.3, 0.4) is 0 Å².